The molecule has 0 aromatic carbocycles. The Balaban J connectivity index is 4.41. The molecule has 0 bridgehead atoms. The molecule has 0 aliphatic rings. The molecule has 0 rings (SSSR count). The predicted octanol–water partition coefficient (Wildman–Crippen LogP) is 1.65. The van der Waals surface area contributed by atoms with Crippen LogP contribution in [0.5, 0.6) is 0 Å². The van der Waals surface area contributed by atoms with Crippen molar-refractivity contribution in [1.29, 1.82) is 0 Å². The molecule has 1 radical (unpaired) electrons. The van der Waals surface area contributed by atoms with Gasteiger partial charge in [-0.1, -0.05) is 0 Å². The van der Waals surface area contributed by atoms with Crippen molar-refractivity contribution in [1.82, 2.24) is 9.62 Å². The number of nitrogens with zero attached hydrogens (tertiary/aromatic N) is 2. The van der Waals surface area contributed by atoms with Crippen LogP contribution in [-0.4, -0.2) is 39.6 Å². The van der Waals surface area contributed by atoms with Crippen LogP contribution in [0.15, 0.2) is 0 Å². The second-order valence-corrected chi connectivity index (χ2v) is 4.44. The Kier molecular flexibility index (Phi) is 6.14. The van der Waals surface area contributed by atoms with E-state index < -0.39 is 0 Å². The van der Waals surface area contributed by atoms with E-state index in [4.69, 9.17) is 0 Å². The number of carbonyl (C=O) groups is 2. The lowest BCUT2D eigenvalue weighted by molar-refractivity contribution is -0.115. The topological polar surface area (TPSA) is 40.6 Å². The summed E-state index contributed by atoms with van der Waals surface area (Å²) < 4.78 is -0.0925. The molecular weight excluding hydrogens is 294 g/mol. The third-order valence-corrected chi connectivity index (χ3v) is 2.29. The molecule has 0 N–H and O–H groups in total. The highest BCUT2D eigenvalue weighted by molar-refractivity contribution is 14.1. The molecule has 4 nitrogen and oxygen atoms in total. The zero-order valence-corrected chi connectivity index (χ0v) is 11.1. The number of rotatable bonds is 5. The summed E-state index contributed by atoms with van der Waals surface area (Å²) in [7, 11) is 1.55. The molecule has 2 amide bonds. The molecule has 14 heavy (non-hydrogen) atoms. The van der Waals surface area contributed by atoms with Gasteiger partial charge in [0.1, 0.15) is 0 Å². The summed E-state index contributed by atoms with van der Waals surface area (Å²) in [6.07, 6.45) is 0.722. The first-order chi connectivity index (χ1) is 6.40. The highest BCUT2D eigenvalue weighted by Gasteiger charge is 2.21. The zero-order valence-electron chi connectivity index (χ0n) is 8.90. The van der Waals surface area contributed by atoms with Gasteiger partial charge in [0.2, 0.25) is 0 Å². The van der Waals surface area contributed by atoms with Crippen LogP contribution in [0.4, 0.5) is 4.79 Å². The minimum atomic E-state index is -0.0925. The second-order valence-electron chi connectivity index (χ2n) is 3.52. The molecule has 6 heteroatoms. The largest absolute Gasteiger partial charge is 0.396 e. The van der Waals surface area contributed by atoms with Crippen molar-refractivity contribution in [2.75, 3.05) is 0 Å². The molecule has 0 unspecified atom stereocenters. The average molecular weight is 309 g/mol. The van der Waals surface area contributed by atoms with Crippen LogP contribution in [0.25, 0.3) is 0 Å². The zero-order chi connectivity index (χ0) is 11.3. The molecule has 0 heterocycles. The fourth-order valence-corrected chi connectivity index (χ4v) is 1.49. The van der Waals surface area contributed by atoms with E-state index in [9.17, 15) is 9.59 Å². The predicted molar refractivity (Wildman–Crippen MR) is 65.2 cm³/mol. The van der Waals surface area contributed by atoms with Gasteiger partial charge in [-0.15, -0.1) is 0 Å². The van der Waals surface area contributed by atoms with Gasteiger partial charge in [0.25, 0.3) is 3.91 Å². The normalized spacial score (nSPS) is 10.2. The molecule has 0 saturated carbocycles. The molecule has 0 aromatic rings. The van der Waals surface area contributed by atoms with E-state index in [0.29, 0.717) is 0 Å². The Morgan fingerprint density at radius 1 is 1.29 bits per heavy atom. The third kappa shape index (κ3) is 4.30. The maximum absolute atomic E-state index is 11.2. The summed E-state index contributed by atoms with van der Waals surface area (Å²) in [5, 5.41) is 0. The molecular formula is C8H15BIN2O2. The van der Waals surface area contributed by atoms with E-state index in [-0.39, 0.29) is 16.0 Å². The number of amides is 2. The lowest BCUT2D eigenvalue weighted by Gasteiger charge is -2.30. The highest BCUT2D eigenvalue weighted by Crippen LogP contribution is 2.06. The molecule has 0 fully saturated rings. The Morgan fingerprint density at radius 2 is 1.79 bits per heavy atom. The second kappa shape index (κ2) is 6.26. The van der Waals surface area contributed by atoms with Crippen LogP contribution >= 0.6 is 22.6 Å². The number of hydrogen-bond acceptors (Lipinski definition) is 2. The van der Waals surface area contributed by atoms with Crippen LogP contribution < -0.4 is 0 Å². The van der Waals surface area contributed by atoms with Gasteiger partial charge >= 0.3 is 7.55 Å². The Labute approximate surface area is 99.4 Å². The minimum absolute atomic E-state index is 0.0561. The minimum Gasteiger partial charge on any atom is -0.370 e. The van der Waals surface area contributed by atoms with Crippen molar-refractivity contribution < 1.29 is 9.59 Å². The SMILES string of the molecule is CC(C)N([B]N(C(=O)I)C(C)C)C=O. The molecule has 0 aliphatic carbocycles. The first kappa shape index (κ1) is 13.7. The lowest BCUT2D eigenvalue weighted by Crippen LogP contribution is -2.48. The molecule has 0 aromatic heterocycles. The Hall–Kier alpha value is -0.265. The van der Waals surface area contributed by atoms with Gasteiger partial charge in [0.15, 0.2) is 6.41 Å². The molecule has 0 spiro atoms. The van der Waals surface area contributed by atoms with Gasteiger partial charge in [0.05, 0.1) is 0 Å². The summed E-state index contributed by atoms with van der Waals surface area (Å²) in [5.41, 5.74) is 0. The smallest absolute Gasteiger partial charge is 0.370 e. The summed E-state index contributed by atoms with van der Waals surface area (Å²) in [4.78, 5) is 24.9. The molecule has 0 aliphatic heterocycles. The number of halogens is 1. The van der Waals surface area contributed by atoms with Crippen molar-refractivity contribution in [3.63, 3.8) is 0 Å². The van der Waals surface area contributed by atoms with Crippen molar-refractivity contribution in [2.45, 2.75) is 39.8 Å². The van der Waals surface area contributed by atoms with Gasteiger partial charge in [-0.25, -0.2) is 0 Å². The van der Waals surface area contributed by atoms with Crippen LogP contribution in [-0.2, 0) is 4.79 Å². The van der Waals surface area contributed by atoms with Crippen molar-refractivity contribution in [3.05, 3.63) is 0 Å². The van der Waals surface area contributed by atoms with E-state index in [1.807, 2.05) is 27.7 Å². The van der Waals surface area contributed by atoms with Crippen LogP contribution in [0.3, 0.4) is 0 Å². The first-order valence-corrected chi connectivity index (χ1v) is 5.53. The van der Waals surface area contributed by atoms with E-state index in [2.05, 4.69) is 0 Å². The summed E-state index contributed by atoms with van der Waals surface area (Å²) in [6, 6.07) is 0.116. The number of hydrogen-bond donors (Lipinski definition) is 0. The molecule has 79 valence electrons. The maximum Gasteiger partial charge on any atom is 0.396 e. The van der Waals surface area contributed by atoms with Gasteiger partial charge in [-0.2, -0.15) is 0 Å². The van der Waals surface area contributed by atoms with Crippen LogP contribution in [0.1, 0.15) is 27.7 Å². The summed E-state index contributed by atoms with van der Waals surface area (Å²) in [6.45, 7) is 7.58. The maximum atomic E-state index is 11.2. The Bertz CT molecular complexity index is 212. The summed E-state index contributed by atoms with van der Waals surface area (Å²) in [5.74, 6) is 0. The van der Waals surface area contributed by atoms with Crippen LogP contribution in [0, 0.1) is 0 Å². The van der Waals surface area contributed by atoms with Gasteiger partial charge in [0, 0.05) is 34.7 Å². The molecule has 0 atom stereocenters. The van der Waals surface area contributed by atoms with Crippen molar-refractivity contribution in [3.8, 4) is 0 Å². The summed E-state index contributed by atoms with van der Waals surface area (Å²) >= 11 is 1.71. The van der Waals surface area contributed by atoms with Gasteiger partial charge in [-0.3, -0.25) is 9.59 Å². The third-order valence-electron chi connectivity index (χ3n) is 1.74. The number of carbonyl (C=O) groups excluding carboxylic acids is 2. The van der Waals surface area contributed by atoms with Crippen LogP contribution in [0.2, 0.25) is 0 Å². The fourth-order valence-electron chi connectivity index (χ4n) is 0.808. The lowest BCUT2D eigenvalue weighted by atomic mass is 10.0. The van der Waals surface area contributed by atoms with E-state index in [0.717, 1.165) is 6.41 Å². The highest BCUT2D eigenvalue weighted by atomic mass is 127. The Morgan fingerprint density at radius 3 is 2.00 bits per heavy atom. The van der Waals surface area contributed by atoms with Crippen molar-refractivity contribution in [2.24, 2.45) is 0 Å². The molecule has 0 saturated heterocycles. The quantitative estimate of drug-likeness (QED) is 0.255. The first-order valence-electron chi connectivity index (χ1n) is 4.45. The fraction of sp³-hybridized carbons (Fsp3) is 0.750. The van der Waals surface area contributed by atoms with Gasteiger partial charge in [-0.05, 0) is 27.7 Å². The van der Waals surface area contributed by atoms with E-state index in [1.165, 1.54) is 9.62 Å². The van der Waals surface area contributed by atoms with E-state index >= 15 is 0 Å². The van der Waals surface area contributed by atoms with E-state index in [1.54, 1.807) is 30.1 Å². The average Bonchev–Trinajstić information content (AvgIpc) is 2.03. The van der Waals surface area contributed by atoms with Gasteiger partial charge < -0.3 is 9.62 Å². The monoisotopic (exact) mass is 309 g/mol. The standard InChI is InChI=1S/C8H15BIN2O2/c1-6(2)11(5-13)9-12(7(3)4)8(10)14/h5-7H,1-4H3. The van der Waals surface area contributed by atoms with Crippen molar-refractivity contribution >= 4 is 40.5 Å².